The predicted molar refractivity (Wildman–Crippen MR) is 93.6 cm³/mol. The van der Waals surface area contributed by atoms with Crippen molar-refractivity contribution >= 4 is 6.09 Å². The van der Waals surface area contributed by atoms with Crippen molar-refractivity contribution in [3.63, 3.8) is 0 Å². The van der Waals surface area contributed by atoms with Crippen LogP contribution in [0.1, 0.15) is 30.3 Å². The summed E-state index contributed by atoms with van der Waals surface area (Å²) in [7, 11) is 0. The number of ether oxygens (including phenoxy) is 1. The van der Waals surface area contributed by atoms with Crippen molar-refractivity contribution in [3.05, 3.63) is 54.5 Å². The first-order valence-corrected chi connectivity index (χ1v) is 11.4. The molecular formula is C18H21IN5O2-. The molecule has 0 radical (unpaired) electrons. The standard InChI is InChI=1S/C18H21IN5O2/c1-12(20)23-18(25)26-11-15-3-2-4-16(24-15)14-9-21-17(22-10-14)13-5-7-19-8-6-13/h2-4,9-10,13H,1,5-8,11,20H2,(H,23,25)/q-1. The molecule has 3 heterocycles. The van der Waals surface area contributed by atoms with Gasteiger partial charge in [-0.3, -0.25) is 5.32 Å². The van der Waals surface area contributed by atoms with Gasteiger partial charge < -0.3 is 5.73 Å². The molecule has 3 N–H and O–H groups in total. The second-order valence-electron chi connectivity index (χ2n) is 5.91. The van der Waals surface area contributed by atoms with Gasteiger partial charge in [-0.1, -0.05) is 6.58 Å². The number of amides is 1. The summed E-state index contributed by atoms with van der Waals surface area (Å²) in [6.45, 7) is 3.42. The molecule has 1 saturated heterocycles. The molecule has 2 aromatic rings. The van der Waals surface area contributed by atoms with Gasteiger partial charge in [-0.05, 0) is 0 Å². The number of pyridine rings is 1. The summed E-state index contributed by atoms with van der Waals surface area (Å²) in [5.74, 6) is 1.48. The monoisotopic (exact) mass is 466 g/mol. The second kappa shape index (κ2) is 8.93. The Morgan fingerprint density at radius 3 is 2.73 bits per heavy atom. The van der Waals surface area contributed by atoms with Crippen LogP contribution in [0.2, 0.25) is 0 Å². The van der Waals surface area contributed by atoms with Crippen LogP contribution in [0, 0.1) is 0 Å². The van der Waals surface area contributed by atoms with E-state index in [9.17, 15) is 4.79 Å². The first-order valence-electron chi connectivity index (χ1n) is 8.31. The van der Waals surface area contributed by atoms with Gasteiger partial charge in [0.15, 0.2) is 0 Å². The Bertz CT molecular complexity index is 775. The molecule has 0 unspecified atom stereocenters. The van der Waals surface area contributed by atoms with E-state index >= 15 is 0 Å². The van der Waals surface area contributed by atoms with E-state index in [1.807, 2.05) is 24.5 Å². The van der Waals surface area contributed by atoms with Crippen LogP contribution in [0.25, 0.3) is 11.3 Å². The number of halogens is 1. The van der Waals surface area contributed by atoms with E-state index in [1.54, 1.807) is 6.07 Å². The van der Waals surface area contributed by atoms with Crippen LogP contribution in [0.4, 0.5) is 4.79 Å². The Labute approximate surface area is 162 Å². The minimum atomic E-state index is -0.660. The van der Waals surface area contributed by atoms with Crippen molar-refractivity contribution in [2.75, 3.05) is 8.86 Å². The van der Waals surface area contributed by atoms with E-state index in [4.69, 9.17) is 10.5 Å². The fraction of sp³-hybridized carbons (Fsp3) is 0.333. The Hall–Kier alpha value is -2.23. The molecule has 0 aliphatic carbocycles. The summed E-state index contributed by atoms with van der Waals surface area (Å²) in [6.07, 6.45) is 5.42. The number of carbonyl (C=O) groups excluding carboxylic acids is 1. The second-order valence-corrected chi connectivity index (χ2v) is 9.15. The number of hydrogen-bond donors (Lipinski definition) is 2. The molecule has 2 aromatic heterocycles. The molecule has 0 saturated carbocycles. The average molecular weight is 466 g/mol. The van der Waals surface area contributed by atoms with E-state index in [2.05, 4.69) is 26.8 Å². The van der Waals surface area contributed by atoms with Gasteiger partial charge in [0.25, 0.3) is 0 Å². The molecule has 7 nitrogen and oxygen atoms in total. The molecule has 0 bridgehead atoms. The van der Waals surface area contributed by atoms with Gasteiger partial charge in [0.1, 0.15) is 0 Å². The molecule has 0 aromatic carbocycles. The molecule has 138 valence electrons. The summed E-state index contributed by atoms with van der Waals surface area (Å²) in [5, 5.41) is 2.27. The zero-order valence-corrected chi connectivity index (χ0v) is 16.5. The summed E-state index contributed by atoms with van der Waals surface area (Å²) in [5.41, 5.74) is 7.51. The van der Waals surface area contributed by atoms with Crippen LogP contribution in [0.3, 0.4) is 0 Å². The SMILES string of the molecule is C=C(N)NC(=O)OCc1cccc(-c2cnc(C3CC[I-]CC3)nc2)n1. The number of nitrogens with zero attached hydrogens (tertiary/aromatic N) is 3. The first kappa shape index (κ1) is 18.6. The number of nitrogens with one attached hydrogen (secondary N) is 1. The van der Waals surface area contributed by atoms with E-state index in [1.165, 1.54) is 21.7 Å². The van der Waals surface area contributed by atoms with E-state index in [-0.39, 0.29) is 12.4 Å². The average Bonchev–Trinajstić information content (AvgIpc) is 2.67. The number of alkyl halides is 2. The molecule has 0 spiro atoms. The van der Waals surface area contributed by atoms with Gasteiger partial charge >= 0.3 is 135 Å². The molecule has 1 aliphatic rings. The molecule has 26 heavy (non-hydrogen) atoms. The molecule has 8 heteroatoms. The molecule has 1 fully saturated rings. The van der Waals surface area contributed by atoms with Crippen molar-refractivity contribution in [1.29, 1.82) is 0 Å². The van der Waals surface area contributed by atoms with Gasteiger partial charge in [-0.2, -0.15) is 0 Å². The van der Waals surface area contributed by atoms with Crippen molar-refractivity contribution in [3.8, 4) is 11.3 Å². The Morgan fingerprint density at radius 2 is 2.04 bits per heavy atom. The van der Waals surface area contributed by atoms with Crippen LogP contribution in [0.5, 0.6) is 0 Å². The molecular weight excluding hydrogens is 445 g/mol. The van der Waals surface area contributed by atoms with Crippen molar-refractivity contribution in [1.82, 2.24) is 20.3 Å². The van der Waals surface area contributed by atoms with Crippen LogP contribution in [-0.2, 0) is 11.3 Å². The predicted octanol–water partition coefficient (Wildman–Crippen LogP) is -0.839. The van der Waals surface area contributed by atoms with Crippen molar-refractivity contribution in [2.24, 2.45) is 5.73 Å². The van der Waals surface area contributed by atoms with Gasteiger partial charge in [0.2, 0.25) is 0 Å². The maximum absolute atomic E-state index is 11.4. The van der Waals surface area contributed by atoms with E-state index < -0.39 is 6.09 Å². The number of carbonyl (C=O) groups is 1. The third-order valence-electron chi connectivity index (χ3n) is 3.94. The van der Waals surface area contributed by atoms with E-state index in [0.717, 1.165) is 17.1 Å². The Morgan fingerprint density at radius 1 is 1.31 bits per heavy atom. The number of alkyl carbamates (subject to hydrolysis) is 1. The third-order valence-corrected chi connectivity index (χ3v) is 6.71. The number of hydrogen-bond acceptors (Lipinski definition) is 6. The molecule has 0 atom stereocenters. The third kappa shape index (κ3) is 5.13. The summed E-state index contributed by atoms with van der Waals surface area (Å²) >= 11 is 0.417. The van der Waals surface area contributed by atoms with Gasteiger partial charge in [-0.25, -0.2) is 4.79 Å². The number of rotatable bonds is 5. The first-order chi connectivity index (χ1) is 12.6. The number of nitrogens with two attached hydrogens (primary N) is 1. The maximum atomic E-state index is 11.4. The van der Waals surface area contributed by atoms with Crippen LogP contribution in [-0.4, -0.2) is 29.9 Å². The van der Waals surface area contributed by atoms with Crippen LogP contribution >= 0.6 is 0 Å². The summed E-state index contributed by atoms with van der Waals surface area (Å²) < 4.78 is 7.78. The Balaban J connectivity index is 1.65. The summed E-state index contributed by atoms with van der Waals surface area (Å²) in [6, 6.07) is 5.53. The zero-order chi connectivity index (χ0) is 18.4. The summed E-state index contributed by atoms with van der Waals surface area (Å²) in [4.78, 5) is 25.1. The topological polar surface area (TPSA) is 103 Å². The normalized spacial score (nSPS) is 14.9. The van der Waals surface area contributed by atoms with Crippen LogP contribution in [0.15, 0.2) is 43.0 Å². The van der Waals surface area contributed by atoms with Crippen molar-refractivity contribution < 1.29 is 30.7 Å². The number of aromatic nitrogens is 3. The fourth-order valence-corrected chi connectivity index (χ4v) is 5.55. The zero-order valence-electron chi connectivity index (χ0n) is 14.3. The van der Waals surface area contributed by atoms with Gasteiger partial charge in [0, 0.05) is 0 Å². The molecule has 3 rings (SSSR count). The molecule has 1 amide bonds. The van der Waals surface area contributed by atoms with Crippen LogP contribution < -0.4 is 32.3 Å². The van der Waals surface area contributed by atoms with Gasteiger partial charge in [0.05, 0.1) is 5.82 Å². The van der Waals surface area contributed by atoms with Gasteiger partial charge in [-0.15, -0.1) is 0 Å². The Kier molecular flexibility index (Phi) is 6.37. The minimum absolute atomic E-state index is 0.0359. The quantitative estimate of drug-likeness (QED) is 0.440. The van der Waals surface area contributed by atoms with Crippen molar-refractivity contribution in [2.45, 2.75) is 25.4 Å². The fourth-order valence-electron chi connectivity index (χ4n) is 2.62. The molecule has 1 aliphatic heterocycles. The van der Waals surface area contributed by atoms with E-state index in [0.29, 0.717) is 32.8 Å².